The van der Waals surface area contributed by atoms with E-state index in [1.165, 1.54) is 16.7 Å². The first-order chi connectivity index (χ1) is 10.6. The summed E-state index contributed by atoms with van der Waals surface area (Å²) in [6, 6.07) is 2.91. The van der Waals surface area contributed by atoms with E-state index >= 15 is 0 Å². The van der Waals surface area contributed by atoms with Gasteiger partial charge in [0.2, 0.25) is 0 Å². The van der Waals surface area contributed by atoms with Crippen LogP contribution in [0.4, 0.5) is 4.39 Å². The van der Waals surface area contributed by atoms with E-state index < -0.39 is 0 Å². The molecule has 0 saturated carbocycles. The van der Waals surface area contributed by atoms with Crippen LogP contribution in [0.2, 0.25) is 0 Å². The van der Waals surface area contributed by atoms with Gasteiger partial charge < -0.3 is 10.2 Å². The van der Waals surface area contributed by atoms with Crippen LogP contribution in [-0.2, 0) is 0 Å². The van der Waals surface area contributed by atoms with Gasteiger partial charge in [-0.05, 0) is 45.1 Å². The molecule has 0 atom stereocenters. The molecule has 0 bridgehead atoms. The Balaban J connectivity index is 2.01. The number of rotatable bonds is 7. The lowest BCUT2D eigenvalue weighted by Crippen LogP contribution is -2.30. The fourth-order valence-corrected chi connectivity index (χ4v) is 2.54. The maximum Gasteiger partial charge on any atom is 0.270 e. The highest BCUT2D eigenvalue weighted by Crippen LogP contribution is 2.13. The summed E-state index contributed by atoms with van der Waals surface area (Å²) in [7, 11) is 0. The predicted octanol–water partition coefficient (Wildman–Crippen LogP) is 2.24. The number of aryl methyl sites for hydroxylation is 1. The zero-order chi connectivity index (χ0) is 16.1. The molecular weight excluding hydrogens is 283 g/mol. The number of amides is 1. The molecule has 5 nitrogen and oxygen atoms in total. The van der Waals surface area contributed by atoms with Crippen molar-refractivity contribution in [1.82, 2.24) is 19.6 Å². The molecule has 0 saturated heterocycles. The lowest BCUT2D eigenvalue weighted by molar-refractivity contribution is 0.0945. The molecule has 0 aliphatic rings. The van der Waals surface area contributed by atoms with Gasteiger partial charge in [-0.3, -0.25) is 9.20 Å². The minimum Gasteiger partial charge on any atom is -0.351 e. The second kappa shape index (κ2) is 7.35. The molecule has 1 N–H and O–H groups in total. The number of hydrogen-bond acceptors (Lipinski definition) is 3. The first kappa shape index (κ1) is 16.4. The quantitative estimate of drug-likeness (QED) is 0.798. The molecule has 1 amide bonds. The van der Waals surface area contributed by atoms with Crippen LogP contribution in [-0.4, -0.2) is 46.4 Å². The summed E-state index contributed by atoms with van der Waals surface area (Å²) in [5.41, 5.74) is 1.58. The van der Waals surface area contributed by atoms with Gasteiger partial charge in [-0.15, -0.1) is 0 Å². The molecule has 0 spiro atoms. The second-order valence-electron chi connectivity index (χ2n) is 5.26. The van der Waals surface area contributed by atoms with Gasteiger partial charge in [0, 0.05) is 12.7 Å². The molecule has 0 aliphatic carbocycles. The van der Waals surface area contributed by atoms with Crippen LogP contribution in [0.3, 0.4) is 0 Å². The minimum absolute atomic E-state index is 0.213. The number of carbonyl (C=O) groups excluding carboxylic acids is 1. The predicted molar refractivity (Wildman–Crippen MR) is 84.6 cm³/mol. The molecule has 0 radical (unpaired) electrons. The van der Waals surface area contributed by atoms with Gasteiger partial charge in [0.15, 0.2) is 0 Å². The summed E-state index contributed by atoms with van der Waals surface area (Å²) >= 11 is 0. The Morgan fingerprint density at radius 2 is 2.09 bits per heavy atom. The third-order valence-corrected chi connectivity index (χ3v) is 3.80. The fraction of sp³-hybridized carbons (Fsp3) is 0.500. The maximum atomic E-state index is 13.4. The van der Waals surface area contributed by atoms with Gasteiger partial charge in [0.25, 0.3) is 5.91 Å². The van der Waals surface area contributed by atoms with Crippen LogP contribution in [0.15, 0.2) is 18.3 Å². The van der Waals surface area contributed by atoms with Crippen molar-refractivity contribution in [3.63, 3.8) is 0 Å². The monoisotopic (exact) mass is 306 g/mol. The standard InChI is InChI=1S/C16H23FN4O/c1-4-20(5-2)10-6-9-18-16(22)15-12(3)19-14-8-7-13(17)11-21(14)15/h7-8,11H,4-6,9-10H2,1-3H3,(H,18,22). The Hall–Kier alpha value is -1.95. The molecular formula is C16H23FN4O. The molecule has 6 heteroatoms. The van der Waals surface area contributed by atoms with Crippen molar-refractivity contribution < 1.29 is 9.18 Å². The number of imidazole rings is 1. The van der Waals surface area contributed by atoms with E-state index in [9.17, 15) is 9.18 Å². The third-order valence-electron chi connectivity index (χ3n) is 3.80. The number of aromatic nitrogens is 2. The van der Waals surface area contributed by atoms with E-state index in [1.807, 2.05) is 0 Å². The van der Waals surface area contributed by atoms with Crippen molar-refractivity contribution in [2.24, 2.45) is 0 Å². The molecule has 22 heavy (non-hydrogen) atoms. The van der Waals surface area contributed by atoms with E-state index in [-0.39, 0.29) is 11.7 Å². The van der Waals surface area contributed by atoms with Crippen LogP contribution in [0.25, 0.3) is 5.65 Å². The van der Waals surface area contributed by atoms with Crippen LogP contribution >= 0.6 is 0 Å². The summed E-state index contributed by atoms with van der Waals surface area (Å²) in [5.74, 6) is -0.601. The third kappa shape index (κ3) is 3.62. The topological polar surface area (TPSA) is 49.6 Å². The number of fused-ring (bicyclic) bond motifs is 1. The van der Waals surface area contributed by atoms with E-state index in [1.54, 1.807) is 13.0 Å². The molecule has 120 valence electrons. The number of nitrogens with zero attached hydrogens (tertiary/aromatic N) is 3. The fourth-order valence-electron chi connectivity index (χ4n) is 2.54. The van der Waals surface area contributed by atoms with Crippen LogP contribution in [0.1, 0.15) is 36.5 Å². The van der Waals surface area contributed by atoms with Crippen LogP contribution in [0.5, 0.6) is 0 Å². The summed E-state index contributed by atoms with van der Waals surface area (Å²) < 4.78 is 14.9. The molecule has 0 aromatic carbocycles. The molecule has 2 heterocycles. The van der Waals surface area contributed by atoms with Crippen LogP contribution < -0.4 is 5.32 Å². The van der Waals surface area contributed by atoms with Gasteiger partial charge in [-0.1, -0.05) is 13.8 Å². The zero-order valence-corrected chi connectivity index (χ0v) is 13.4. The van der Waals surface area contributed by atoms with Crippen molar-refractivity contribution in [1.29, 1.82) is 0 Å². The minimum atomic E-state index is -0.388. The van der Waals surface area contributed by atoms with Crippen molar-refractivity contribution in [2.45, 2.75) is 27.2 Å². The Morgan fingerprint density at radius 3 is 2.77 bits per heavy atom. The Kier molecular flexibility index (Phi) is 5.49. The van der Waals surface area contributed by atoms with E-state index in [4.69, 9.17) is 0 Å². The number of carbonyl (C=O) groups is 1. The summed E-state index contributed by atoms with van der Waals surface area (Å²) in [5, 5.41) is 2.89. The van der Waals surface area contributed by atoms with Crippen LogP contribution in [0, 0.1) is 12.7 Å². The van der Waals surface area contributed by atoms with Gasteiger partial charge in [-0.2, -0.15) is 0 Å². The van der Waals surface area contributed by atoms with Crippen molar-refractivity contribution in [2.75, 3.05) is 26.2 Å². The first-order valence-corrected chi connectivity index (χ1v) is 7.71. The lowest BCUT2D eigenvalue weighted by Gasteiger charge is -2.17. The molecule has 2 aromatic heterocycles. The summed E-state index contributed by atoms with van der Waals surface area (Å²) in [6.07, 6.45) is 2.18. The van der Waals surface area contributed by atoms with Crippen molar-refractivity contribution in [3.8, 4) is 0 Å². The molecule has 0 aliphatic heterocycles. The van der Waals surface area contributed by atoms with Gasteiger partial charge in [0.1, 0.15) is 17.2 Å². The number of halogens is 1. The van der Waals surface area contributed by atoms with Gasteiger partial charge in [0.05, 0.1) is 5.69 Å². The average Bonchev–Trinajstić information content (AvgIpc) is 2.82. The smallest absolute Gasteiger partial charge is 0.270 e. The van der Waals surface area contributed by atoms with E-state index in [2.05, 4.69) is 29.0 Å². The first-order valence-electron chi connectivity index (χ1n) is 7.71. The number of nitrogens with one attached hydrogen (secondary N) is 1. The van der Waals surface area contributed by atoms with Crippen molar-refractivity contribution >= 4 is 11.6 Å². The number of hydrogen-bond donors (Lipinski definition) is 1. The summed E-state index contributed by atoms with van der Waals surface area (Å²) in [4.78, 5) is 18.9. The van der Waals surface area contributed by atoms with Gasteiger partial charge in [-0.25, -0.2) is 9.37 Å². The largest absolute Gasteiger partial charge is 0.351 e. The highest BCUT2D eigenvalue weighted by Gasteiger charge is 2.16. The number of pyridine rings is 1. The van der Waals surface area contributed by atoms with Gasteiger partial charge >= 0.3 is 0 Å². The Morgan fingerprint density at radius 1 is 1.36 bits per heavy atom. The highest BCUT2D eigenvalue weighted by atomic mass is 19.1. The molecule has 0 fully saturated rings. The SMILES string of the molecule is CCN(CC)CCCNC(=O)c1c(C)nc2ccc(F)cn12. The molecule has 2 rings (SSSR count). The zero-order valence-electron chi connectivity index (χ0n) is 13.4. The average molecular weight is 306 g/mol. The second-order valence-corrected chi connectivity index (χ2v) is 5.26. The van der Waals surface area contributed by atoms with E-state index in [0.29, 0.717) is 23.6 Å². The summed E-state index contributed by atoms with van der Waals surface area (Å²) in [6.45, 7) is 9.57. The van der Waals surface area contributed by atoms with E-state index in [0.717, 1.165) is 26.1 Å². The lowest BCUT2D eigenvalue weighted by atomic mass is 10.3. The Labute approximate surface area is 130 Å². The Bertz CT molecular complexity index is 649. The highest BCUT2D eigenvalue weighted by molar-refractivity contribution is 5.94. The maximum absolute atomic E-state index is 13.4. The molecule has 0 unspecified atom stereocenters. The molecule has 2 aromatic rings. The van der Waals surface area contributed by atoms with Crippen molar-refractivity contribution in [3.05, 3.63) is 35.5 Å². The normalized spacial score (nSPS) is 11.3.